The summed E-state index contributed by atoms with van der Waals surface area (Å²) in [6.07, 6.45) is 5.62. The lowest BCUT2D eigenvalue weighted by atomic mass is 10.0. The molecule has 0 bridgehead atoms. The Kier molecular flexibility index (Phi) is 10.3. The number of carbonyl (C=O) groups excluding carboxylic acids is 1. The van der Waals surface area contributed by atoms with Crippen LogP contribution in [0.15, 0.2) is 30.6 Å². The highest BCUT2D eigenvalue weighted by Crippen LogP contribution is 2.38. The van der Waals surface area contributed by atoms with Gasteiger partial charge in [0.15, 0.2) is 23.9 Å². The lowest BCUT2D eigenvalue weighted by Gasteiger charge is -2.22. The molecule has 1 aromatic heterocycles. The van der Waals surface area contributed by atoms with Gasteiger partial charge in [0, 0.05) is 18.0 Å². The van der Waals surface area contributed by atoms with E-state index in [1.54, 1.807) is 0 Å². The van der Waals surface area contributed by atoms with E-state index < -0.39 is 18.7 Å². The first-order chi connectivity index (χ1) is 16.8. The topological polar surface area (TPSA) is 83.7 Å². The van der Waals surface area contributed by atoms with E-state index in [0.717, 1.165) is 44.6 Å². The van der Waals surface area contributed by atoms with Gasteiger partial charge in [-0.25, -0.2) is 0 Å². The molecular formula is C24H28Cl2F2N2O5S. The fourth-order valence-corrected chi connectivity index (χ4v) is 4.60. The summed E-state index contributed by atoms with van der Waals surface area (Å²) in [7, 11) is 0. The van der Waals surface area contributed by atoms with Gasteiger partial charge >= 0.3 is 12.6 Å². The Morgan fingerprint density at radius 3 is 2.50 bits per heavy atom. The molecule has 2 atom stereocenters. The zero-order valence-corrected chi connectivity index (χ0v) is 21.9. The molecule has 0 unspecified atom stereocenters. The number of hydrogen-bond acceptors (Lipinski definition) is 6. The highest BCUT2D eigenvalue weighted by molar-refractivity contribution is 7.59. The monoisotopic (exact) mass is 564 g/mol. The van der Waals surface area contributed by atoms with E-state index in [4.69, 9.17) is 32.7 Å². The smallest absolute Gasteiger partial charge is 0.387 e. The number of ether oxygens (including phenoxy) is 3. The fourth-order valence-electron chi connectivity index (χ4n) is 4.00. The van der Waals surface area contributed by atoms with Crippen molar-refractivity contribution in [3.63, 3.8) is 0 Å². The van der Waals surface area contributed by atoms with Gasteiger partial charge in [0.05, 0.1) is 13.0 Å². The van der Waals surface area contributed by atoms with Crippen molar-refractivity contribution in [1.29, 1.82) is 0 Å². The zero-order chi connectivity index (χ0) is 24.9. The van der Waals surface area contributed by atoms with Crippen molar-refractivity contribution in [3.8, 4) is 11.5 Å². The van der Waals surface area contributed by atoms with Crippen LogP contribution in [0.4, 0.5) is 8.78 Å². The van der Waals surface area contributed by atoms with Crippen molar-refractivity contribution in [2.45, 2.75) is 57.3 Å². The Morgan fingerprint density at radius 2 is 1.89 bits per heavy atom. The molecule has 0 spiro atoms. The molecule has 1 aliphatic carbocycles. The molecular weight excluding hydrogens is 537 g/mol. The van der Waals surface area contributed by atoms with Gasteiger partial charge in [-0.2, -0.15) is 27.0 Å². The molecule has 0 radical (unpaired) electrons. The number of hydrogen-bond donors (Lipinski definition) is 1. The number of benzene rings is 1. The average Bonchev–Trinajstić information content (AvgIpc) is 3.48. The van der Waals surface area contributed by atoms with Crippen LogP contribution in [0.3, 0.4) is 0 Å². The van der Waals surface area contributed by atoms with Crippen LogP contribution in [-0.4, -0.2) is 31.8 Å². The predicted octanol–water partition coefficient (Wildman–Crippen LogP) is 5.10. The summed E-state index contributed by atoms with van der Waals surface area (Å²) in [5.74, 6) is -0.0141. The molecule has 12 heteroatoms. The van der Waals surface area contributed by atoms with Gasteiger partial charge in [0.2, 0.25) is 0 Å². The molecule has 198 valence electrons. The molecule has 1 saturated heterocycles. The van der Waals surface area contributed by atoms with Crippen LogP contribution in [0.2, 0.25) is 10.0 Å². The SMILES string of the molecule is O=C(C[C@@H]1CCCN1)O[C@@H](Cc1c(Cl)c[n+]([O-])cc1Cl)c1ccc(OC(F)F)c(OCC2CC2)c1.S. The van der Waals surface area contributed by atoms with E-state index >= 15 is 0 Å². The van der Waals surface area contributed by atoms with Gasteiger partial charge in [0.1, 0.15) is 16.1 Å². The maximum Gasteiger partial charge on any atom is 0.387 e. The minimum Gasteiger partial charge on any atom is -0.619 e. The average molecular weight is 565 g/mol. The number of alkyl halides is 2. The van der Waals surface area contributed by atoms with Crippen LogP contribution in [0.1, 0.15) is 49.3 Å². The van der Waals surface area contributed by atoms with Crippen molar-refractivity contribution >= 4 is 42.7 Å². The zero-order valence-electron chi connectivity index (χ0n) is 19.4. The van der Waals surface area contributed by atoms with E-state index in [-0.39, 0.29) is 53.9 Å². The molecule has 7 nitrogen and oxygen atoms in total. The molecule has 1 saturated carbocycles. The Labute approximate surface area is 225 Å². The molecule has 4 rings (SSSR count). The molecule has 36 heavy (non-hydrogen) atoms. The van der Waals surface area contributed by atoms with Crippen LogP contribution < -0.4 is 19.5 Å². The molecule has 1 N–H and O–H groups in total. The standard InChI is InChI=1S/C24H26Cl2F2N2O5.H2S/c25-18-11-30(32)12-19(26)17(18)10-21(34-23(31)9-16-2-1-7-29-16)15-5-6-20(35-24(27)28)22(8-15)33-13-14-3-4-14;/h5-6,8,11-12,14,16,21,24,29H,1-4,7,9-10,13H2;1H2/t16-,21-;/m0./s1. The van der Waals surface area contributed by atoms with E-state index in [2.05, 4.69) is 10.1 Å². The van der Waals surface area contributed by atoms with Gasteiger partial charge in [-0.05, 0) is 55.8 Å². The van der Waals surface area contributed by atoms with Gasteiger partial charge in [0.25, 0.3) is 0 Å². The van der Waals surface area contributed by atoms with Crippen molar-refractivity contribution in [3.05, 3.63) is 57.0 Å². The van der Waals surface area contributed by atoms with Gasteiger partial charge in [-0.3, -0.25) is 4.79 Å². The molecule has 0 amide bonds. The number of nitrogens with one attached hydrogen (secondary N) is 1. The van der Waals surface area contributed by atoms with E-state index in [0.29, 0.717) is 28.4 Å². The summed E-state index contributed by atoms with van der Waals surface area (Å²) in [6.45, 7) is -1.79. The molecule has 2 heterocycles. The number of nitrogens with zero attached hydrogens (tertiary/aromatic N) is 1. The number of halogens is 4. The van der Waals surface area contributed by atoms with Crippen LogP contribution in [-0.2, 0) is 16.0 Å². The van der Waals surface area contributed by atoms with Crippen LogP contribution in [0.25, 0.3) is 0 Å². The maximum absolute atomic E-state index is 12.9. The van der Waals surface area contributed by atoms with Crippen molar-refractivity contribution in [1.82, 2.24) is 5.32 Å². The van der Waals surface area contributed by atoms with Crippen LogP contribution >= 0.6 is 36.7 Å². The molecule has 2 fully saturated rings. The largest absolute Gasteiger partial charge is 0.619 e. The van der Waals surface area contributed by atoms with Crippen molar-refractivity contribution < 1.29 is 32.5 Å². The maximum atomic E-state index is 12.9. The van der Waals surface area contributed by atoms with Crippen LogP contribution in [0.5, 0.6) is 11.5 Å². The lowest BCUT2D eigenvalue weighted by Crippen LogP contribution is -2.27. The Bertz CT molecular complexity index is 1030. The molecule has 2 aromatic rings. The second-order valence-corrected chi connectivity index (χ2v) is 9.63. The highest BCUT2D eigenvalue weighted by atomic mass is 35.5. The second-order valence-electron chi connectivity index (χ2n) is 8.81. The second kappa shape index (κ2) is 13.0. The first-order valence-electron chi connectivity index (χ1n) is 11.5. The molecule has 1 aromatic carbocycles. The third kappa shape index (κ3) is 7.99. The Hall–Kier alpha value is -2.01. The number of carbonyl (C=O) groups is 1. The highest BCUT2D eigenvalue weighted by Gasteiger charge is 2.27. The first kappa shape index (κ1) is 28.6. The minimum atomic E-state index is -3.02. The van der Waals surface area contributed by atoms with E-state index in [1.807, 2.05) is 0 Å². The van der Waals surface area contributed by atoms with Gasteiger partial charge in [-0.15, -0.1) is 0 Å². The summed E-state index contributed by atoms with van der Waals surface area (Å²) in [6, 6.07) is 4.46. The number of esters is 1. The third-order valence-corrected chi connectivity index (χ3v) is 6.67. The number of rotatable bonds is 11. The fraction of sp³-hybridized carbons (Fsp3) is 0.500. The van der Waals surface area contributed by atoms with Gasteiger partial charge < -0.3 is 24.7 Å². The summed E-state index contributed by atoms with van der Waals surface area (Å²) in [5.41, 5.74) is 0.918. The lowest BCUT2D eigenvalue weighted by molar-refractivity contribution is -0.605. The molecule has 2 aliphatic rings. The third-order valence-electron chi connectivity index (χ3n) is 6.02. The summed E-state index contributed by atoms with van der Waals surface area (Å²) >= 11 is 12.5. The minimum absolute atomic E-state index is 0. The Balaban J connectivity index is 0.00000361. The van der Waals surface area contributed by atoms with Gasteiger partial charge in [-0.1, -0.05) is 29.3 Å². The predicted molar refractivity (Wildman–Crippen MR) is 135 cm³/mol. The summed E-state index contributed by atoms with van der Waals surface area (Å²) in [4.78, 5) is 12.8. The van der Waals surface area contributed by atoms with E-state index in [1.165, 1.54) is 18.2 Å². The normalized spacial score (nSPS) is 18.0. The van der Waals surface area contributed by atoms with Crippen LogP contribution in [0, 0.1) is 11.1 Å². The quantitative estimate of drug-likeness (QED) is 0.232. The Morgan fingerprint density at radius 1 is 1.17 bits per heavy atom. The summed E-state index contributed by atoms with van der Waals surface area (Å²) < 4.78 is 42.6. The van der Waals surface area contributed by atoms with Crippen molar-refractivity contribution in [2.24, 2.45) is 5.92 Å². The van der Waals surface area contributed by atoms with Crippen molar-refractivity contribution in [2.75, 3.05) is 13.2 Å². The summed E-state index contributed by atoms with van der Waals surface area (Å²) in [5, 5.41) is 15.1. The van der Waals surface area contributed by atoms with E-state index in [9.17, 15) is 18.8 Å². The number of aromatic nitrogens is 1. The molecule has 1 aliphatic heterocycles. The first-order valence-corrected chi connectivity index (χ1v) is 12.2. The number of pyridine rings is 1.